The van der Waals surface area contributed by atoms with Gasteiger partial charge in [-0.1, -0.05) is 0 Å². The number of fused-ring (bicyclic) bond motifs is 1. The second kappa shape index (κ2) is 7.66. The molecule has 136 valence electrons. The summed E-state index contributed by atoms with van der Waals surface area (Å²) in [7, 11) is 3.94. The van der Waals surface area contributed by atoms with Gasteiger partial charge in [-0.05, 0) is 69.0 Å². The van der Waals surface area contributed by atoms with Crippen molar-refractivity contribution in [1.82, 2.24) is 19.8 Å². The van der Waals surface area contributed by atoms with Crippen LogP contribution in [0.2, 0.25) is 0 Å². The number of hydrogen-bond donors (Lipinski definition) is 1. The molecule has 0 fully saturated rings. The number of aromatic nitrogens is 2. The first-order valence-corrected chi connectivity index (χ1v) is 8.58. The van der Waals surface area contributed by atoms with Gasteiger partial charge >= 0.3 is 0 Å². The van der Waals surface area contributed by atoms with Crippen molar-refractivity contribution < 1.29 is 9.18 Å². The molecule has 1 amide bonds. The Balaban J connectivity index is 1.92. The molecule has 0 bridgehead atoms. The zero-order valence-electron chi connectivity index (χ0n) is 15.2. The molecule has 0 spiro atoms. The zero-order chi connectivity index (χ0) is 18.7. The monoisotopic (exact) mass is 354 g/mol. The number of carbonyl (C=O) groups is 1. The highest BCUT2D eigenvalue weighted by molar-refractivity contribution is 5.87. The molecule has 0 aliphatic heterocycles. The second-order valence-corrected chi connectivity index (χ2v) is 6.77. The number of benzene rings is 1. The third-order valence-corrected chi connectivity index (χ3v) is 4.14. The van der Waals surface area contributed by atoms with Crippen molar-refractivity contribution >= 4 is 16.9 Å². The van der Waals surface area contributed by atoms with Crippen LogP contribution >= 0.6 is 0 Å². The van der Waals surface area contributed by atoms with Gasteiger partial charge in [0.1, 0.15) is 18.0 Å². The number of amides is 1. The summed E-state index contributed by atoms with van der Waals surface area (Å²) in [5, 5.41) is 3.96. The van der Waals surface area contributed by atoms with Crippen LogP contribution < -0.4 is 5.32 Å². The van der Waals surface area contributed by atoms with E-state index >= 15 is 0 Å². The zero-order valence-corrected chi connectivity index (χ0v) is 15.2. The van der Waals surface area contributed by atoms with Gasteiger partial charge in [-0.15, -0.1) is 0 Å². The Labute approximate surface area is 152 Å². The average Bonchev–Trinajstić information content (AvgIpc) is 2.93. The molecule has 2 heterocycles. The fourth-order valence-electron chi connectivity index (χ4n) is 3.16. The first kappa shape index (κ1) is 18.1. The predicted molar refractivity (Wildman–Crippen MR) is 101 cm³/mol. The summed E-state index contributed by atoms with van der Waals surface area (Å²) in [5.41, 5.74) is 2.43. The summed E-state index contributed by atoms with van der Waals surface area (Å²) < 4.78 is 15.2. The Morgan fingerprint density at radius 3 is 2.69 bits per heavy atom. The lowest BCUT2D eigenvalue weighted by Gasteiger charge is -2.19. The van der Waals surface area contributed by atoms with Gasteiger partial charge in [0.2, 0.25) is 5.91 Å². The molecular formula is C20H23FN4O. The SMILES string of the molecule is CC(CN(C)C)NC(=O)Cn1c(-c2ccc(F)cc2)cc2cccnc21. The number of nitrogens with zero attached hydrogens (tertiary/aromatic N) is 3. The second-order valence-electron chi connectivity index (χ2n) is 6.77. The summed E-state index contributed by atoms with van der Waals surface area (Å²) in [5.74, 6) is -0.365. The molecule has 1 atom stereocenters. The van der Waals surface area contributed by atoms with E-state index in [-0.39, 0.29) is 24.3 Å². The van der Waals surface area contributed by atoms with Crippen LogP contribution in [0.1, 0.15) is 6.92 Å². The van der Waals surface area contributed by atoms with E-state index in [9.17, 15) is 9.18 Å². The maximum Gasteiger partial charge on any atom is 0.240 e. The van der Waals surface area contributed by atoms with Crippen LogP contribution in [0.3, 0.4) is 0 Å². The van der Waals surface area contributed by atoms with Gasteiger partial charge in [0.25, 0.3) is 0 Å². The van der Waals surface area contributed by atoms with Gasteiger partial charge in [0.15, 0.2) is 0 Å². The van der Waals surface area contributed by atoms with E-state index in [0.29, 0.717) is 0 Å². The first-order chi connectivity index (χ1) is 12.4. The average molecular weight is 354 g/mol. The van der Waals surface area contributed by atoms with E-state index < -0.39 is 0 Å². The predicted octanol–water partition coefficient (Wildman–Crippen LogP) is 2.91. The van der Waals surface area contributed by atoms with E-state index in [2.05, 4.69) is 10.3 Å². The van der Waals surface area contributed by atoms with E-state index in [1.165, 1.54) is 12.1 Å². The molecule has 1 N–H and O–H groups in total. The first-order valence-electron chi connectivity index (χ1n) is 8.58. The third kappa shape index (κ3) is 4.08. The molecule has 0 saturated heterocycles. The maximum atomic E-state index is 13.3. The molecule has 0 radical (unpaired) electrons. The highest BCUT2D eigenvalue weighted by Crippen LogP contribution is 2.27. The largest absolute Gasteiger partial charge is 0.351 e. The molecule has 26 heavy (non-hydrogen) atoms. The number of likely N-dealkylation sites (N-methyl/N-ethyl adjacent to an activating group) is 1. The Hall–Kier alpha value is -2.73. The van der Waals surface area contributed by atoms with Gasteiger partial charge in [0, 0.05) is 24.2 Å². The molecule has 2 aromatic heterocycles. The normalized spacial score (nSPS) is 12.5. The number of pyridine rings is 1. The van der Waals surface area contributed by atoms with Crippen LogP contribution in [-0.2, 0) is 11.3 Å². The highest BCUT2D eigenvalue weighted by Gasteiger charge is 2.16. The Morgan fingerprint density at radius 1 is 1.27 bits per heavy atom. The molecule has 0 aliphatic carbocycles. The van der Waals surface area contributed by atoms with Crippen LogP contribution in [0.25, 0.3) is 22.3 Å². The van der Waals surface area contributed by atoms with Gasteiger partial charge < -0.3 is 14.8 Å². The van der Waals surface area contributed by atoms with Crippen molar-refractivity contribution in [3.63, 3.8) is 0 Å². The number of halogens is 1. The summed E-state index contributed by atoms with van der Waals surface area (Å²) >= 11 is 0. The molecule has 0 aliphatic rings. The number of nitrogens with one attached hydrogen (secondary N) is 1. The van der Waals surface area contributed by atoms with Crippen molar-refractivity contribution in [2.24, 2.45) is 0 Å². The summed E-state index contributed by atoms with van der Waals surface area (Å²) in [6, 6.07) is 12.1. The minimum Gasteiger partial charge on any atom is -0.351 e. The molecule has 5 nitrogen and oxygen atoms in total. The van der Waals surface area contributed by atoms with Gasteiger partial charge in [-0.25, -0.2) is 9.37 Å². The lowest BCUT2D eigenvalue weighted by Crippen LogP contribution is -2.41. The quantitative estimate of drug-likeness (QED) is 0.740. The van der Waals surface area contributed by atoms with E-state index in [0.717, 1.165) is 28.8 Å². The summed E-state index contributed by atoms with van der Waals surface area (Å²) in [4.78, 5) is 19.0. The Kier molecular flexibility index (Phi) is 5.32. The highest BCUT2D eigenvalue weighted by atomic mass is 19.1. The van der Waals surface area contributed by atoms with E-state index in [1.807, 2.05) is 48.7 Å². The van der Waals surface area contributed by atoms with Crippen molar-refractivity contribution in [2.45, 2.75) is 19.5 Å². The minimum absolute atomic E-state index is 0.0431. The molecule has 0 saturated carbocycles. The number of hydrogen-bond acceptors (Lipinski definition) is 3. The fraction of sp³-hybridized carbons (Fsp3) is 0.300. The topological polar surface area (TPSA) is 50.2 Å². The summed E-state index contributed by atoms with van der Waals surface area (Å²) in [6.45, 7) is 2.90. The molecular weight excluding hydrogens is 331 g/mol. The van der Waals surface area contributed by atoms with Crippen LogP contribution in [0.15, 0.2) is 48.7 Å². The molecule has 1 unspecified atom stereocenters. The molecule has 6 heteroatoms. The fourth-order valence-corrected chi connectivity index (χ4v) is 3.16. The van der Waals surface area contributed by atoms with Crippen LogP contribution in [0.4, 0.5) is 4.39 Å². The van der Waals surface area contributed by atoms with Crippen LogP contribution in [-0.4, -0.2) is 47.0 Å². The molecule has 3 rings (SSSR count). The van der Waals surface area contributed by atoms with Crippen molar-refractivity contribution in [2.75, 3.05) is 20.6 Å². The number of rotatable bonds is 6. The Bertz CT molecular complexity index is 902. The smallest absolute Gasteiger partial charge is 0.240 e. The van der Waals surface area contributed by atoms with Crippen LogP contribution in [0, 0.1) is 5.82 Å². The van der Waals surface area contributed by atoms with Gasteiger partial charge in [0.05, 0.1) is 5.69 Å². The standard InChI is InChI=1S/C20H23FN4O/c1-14(12-24(2)3)23-19(26)13-25-18(15-6-8-17(21)9-7-15)11-16-5-4-10-22-20(16)25/h4-11,14H,12-13H2,1-3H3,(H,23,26). The minimum atomic E-state index is -0.287. The van der Waals surface area contributed by atoms with Crippen molar-refractivity contribution in [3.05, 3.63) is 54.5 Å². The maximum absolute atomic E-state index is 13.3. The van der Waals surface area contributed by atoms with E-state index in [1.54, 1.807) is 18.3 Å². The lowest BCUT2D eigenvalue weighted by atomic mass is 10.1. The Morgan fingerprint density at radius 2 is 2.00 bits per heavy atom. The van der Waals surface area contributed by atoms with Crippen molar-refractivity contribution in [3.8, 4) is 11.3 Å². The van der Waals surface area contributed by atoms with Crippen LogP contribution in [0.5, 0.6) is 0 Å². The third-order valence-electron chi connectivity index (χ3n) is 4.14. The molecule has 3 aromatic rings. The lowest BCUT2D eigenvalue weighted by molar-refractivity contribution is -0.122. The van der Waals surface area contributed by atoms with Gasteiger partial charge in [-0.3, -0.25) is 4.79 Å². The van der Waals surface area contributed by atoms with E-state index in [4.69, 9.17) is 0 Å². The van der Waals surface area contributed by atoms with Gasteiger partial charge in [-0.2, -0.15) is 0 Å². The molecule has 1 aromatic carbocycles. The summed E-state index contributed by atoms with van der Waals surface area (Å²) in [6.07, 6.45) is 1.71. The van der Waals surface area contributed by atoms with Crippen molar-refractivity contribution in [1.29, 1.82) is 0 Å². The number of carbonyl (C=O) groups excluding carboxylic acids is 1.